The lowest BCUT2D eigenvalue weighted by Gasteiger charge is -2.10. The van der Waals surface area contributed by atoms with Crippen LogP contribution in [0.1, 0.15) is 21.5 Å². The molecule has 0 aliphatic carbocycles. The number of nitrogens with one attached hydrogen (secondary N) is 1. The summed E-state index contributed by atoms with van der Waals surface area (Å²) in [4.78, 5) is 17.3. The predicted octanol–water partition coefficient (Wildman–Crippen LogP) is 5.82. The number of pyridine rings is 1. The van der Waals surface area contributed by atoms with Gasteiger partial charge in [0.1, 0.15) is 0 Å². The number of amides is 1. The Balaban J connectivity index is 1.37. The molecule has 2 aromatic heterocycles. The van der Waals surface area contributed by atoms with Crippen molar-refractivity contribution < 1.29 is 9.21 Å². The summed E-state index contributed by atoms with van der Waals surface area (Å²) in [7, 11) is 0. The third-order valence-electron chi connectivity index (χ3n) is 5.41. The fourth-order valence-corrected chi connectivity index (χ4v) is 3.64. The van der Waals surface area contributed by atoms with Crippen molar-refractivity contribution >= 4 is 22.5 Å². The number of anilines is 1. The van der Waals surface area contributed by atoms with Crippen molar-refractivity contribution in [3.63, 3.8) is 0 Å². The number of rotatable bonds is 4. The molecule has 0 atom stereocenters. The van der Waals surface area contributed by atoms with Crippen LogP contribution in [-0.2, 0) is 0 Å². The van der Waals surface area contributed by atoms with E-state index in [1.54, 1.807) is 30.5 Å². The Kier molecular flexibility index (Phi) is 4.95. The van der Waals surface area contributed by atoms with Crippen LogP contribution in [0.2, 0.25) is 0 Å². The Morgan fingerprint density at radius 2 is 1.59 bits per heavy atom. The van der Waals surface area contributed by atoms with E-state index < -0.39 is 0 Å². The Hall–Kier alpha value is -4.32. The Morgan fingerprint density at radius 1 is 0.812 bits per heavy atom. The number of nitrogens with zero attached hydrogens (tertiary/aromatic N) is 3. The molecule has 2 heterocycles. The summed E-state index contributed by atoms with van der Waals surface area (Å²) in [6.07, 6.45) is 1.75. The van der Waals surface area contributed by atoms with Crippen LogP contribution in [0.15, 0.2) is 83.4 Å². The van der Waals surface area contributed by atoms with E-state index in [0.29, 0.717) is 17.3 Å². The lowest BCUT2D eigenvalue weighted by molar-refractivity contribution is 0.102. The highest BCUT2D eigenvalue weighted by Gasteiger charge is 2.14. The second-order valence-corrected chi connectivity index (χ2v) is 7.59. The van der Waals surface area contributed by atoms with Crippen LogP contribution in [0.4, 0.5) is 5.69 Å². The average molecular weight is 420 g/mol. The van der Waals surface area contributed by atoms with E-state index in [9.17, 15) is 4.79 Å². The quantitative estimate of drug-likeness (QED) is 0.396. The second-order valence-electron chi connectivity index (χ2n) is 7.59. The molecule has 0 aliphatic heterocycles. The molecule has 0 bridgehead atoms. The monoisotopic (exact) mass is 420 g/mol. The van der Waals surface area contributed by atoms with Crippen LogP contribution in [-0.4, -0.2) is 21.1 Å². The smallest absolute Gasteiger partial charge is 0.255 e. The van der Waals surface area contributed by atoms with Crippen LogP contribution >= 0.6 is 0 Å². The van der Waals surface area contributed by atoms with Crippen LogP contribution in [0.3, 0.4) is 0 Å². The van der Waals surface area contributed by atoms with E-state index in [-0.39, 0.29) is 5.91 Å². The third-order valence-corrected chi connectivity index (χ3v) is 5.41. The summed E-state index contributed by atoms with van der Waals surface area (Å²) >= 11 is 0. The zero-order valence-electron chi connectivity index (χ0n) is 17.7. The Labute approximate surface area is 185 Å². The number of fused-ring (bicyclic) bond motifs is 1. The summed E-state index contributed by atoms with van der Waals surface area (Å²) in [5, 5.41) is 12.2. The minimum atomic E-state index is -0.198. The highest BCUT2D eigenvalue weighted by molar-refractivity contribution is 6.09. The molecule has 0 saturated heterocycles. The second kappa shape index (κ2) is 8.07. The van der Waals surface area contributed by atoms with Gasteiger partial charge in [0.25, 0.3) is 5.91 Å². The third kappa shape index (κ3) is 3.63. The van der Waals surface area contributed by atoms with E-state index in [2.05, 4.69) is 20.5 Å². The SMILES string of the molecule is Cc1ccccc1-c1nnc(-c2ccc(C(=O)Nc3ccc(C)c4ncccc34)cc2)o1. The minimum absolute atomic E-state index is 0.198. The summed E-state index contributed by atoms with van der Waals surface area (Å²) in [5.41, 5.74) is 5.92. The molecule has 6 nitrogen and oxygen atoms in total. The molecule has 0 unspecified atom stereocenters. The maximum atomic E-state index is 12.8. The van der Waals surface area contributed by atoms with E-state index in [1.165, 1.54) is 0 Å². The van der Waals surface area contributed by atoms with Crippen molar-refractivity contribution in [2.75, 3.05) is 5.32 Å². The van der Waals surface area contributed by atoms with Crippen LogP contribution < -0.4 is 5.32 Å². The van der Waals surface area contributed by atoms with Gasteiger partial charge in [-0.05, 0) is 73.5 Å². The summed E-state index contributed by atoms with van der Waals surface area (Å²) in [5.74, 6) is 0.683. The molecule has 32 heavy (non-hydrogen) atoms. The summed E-state index contributed by atoms with van der Waals surface area (Å²) in [6.45, 7) is 4.00. The van der Waals surface area contributed by atoms with Crippen LogP contribution in [0.25, 0.3) is 33.8 Å². The largest absolute Gasteiger partial charge is 0.416 e. The van der Waals surface area contributed by atoms with E-state index in [0.717, 1.165) is 38.8 Å². The molecule has 0 spiro atoms. The van der Waals surface area contributed by atoms with Gasteiger partial charge in [0.15, 0.2) is 0 Å². The van der Waals surface area contributed by atoms with E-state index in [4.69, 9.17) is 4.42 Å². The molecular weight excluding hydrogens is 400 g/mol. The lowest BCUT2D eigenvalue weighted by Crippen LogP contribution is -2.12. The van der Waals surface area contributed by atoms with Gasteiger partial charge >= 0.3 is 0 Å². The number of hydrogen-bond acceptors (Lipinski definition) is 5. The molecule has 156 valence electrons. The number of benzene rings is 3. The number of aryl methyl sites for hydroxylation is 2. The fourth-order valence-electron chi connectivity index (χ4n) is 3.64. The highest BCUT2D eigenvalue weighted by Crippen LogP contribution is 2.27. The first-order chi connectivity index (χ1) is 15.6. The zero-order valence-corrected chi connectivity index (χ0v) is 17.7. The molecule has 1 N–H and O–H groups in total. The number of hydrogen-bond donors (Lipinski definition) is 1. The first-order valence-electron chi connectivity index (χ1n) is 10.3. The minimum Gasteiger partial charge on any atom is -0.416 e. The summed E-state index contributed by atoms with van der Waals surface area (Å²) < 4.78 is 5.86. The summed E-state index contributed by atoms with van der Waals surface area (Å²) in [6, 6.07) is 22.6. The van der Waals surface area contributed by atoms with Gasteiger partial charge in [-0.1, -0.05) is 24.3 Å². The standard InChI is InChI=1S/C26H20N4O2/c1-16-6-3-4-7-20(16)26-30-29-25(32-26)19-12-10-18(11-13-19)24(31)28-22-14-9-17(2)23-21(22)8-5-15-27-23/h3-15H,1-2H3,(H,28,31). The maximum Gasteiger partial charge on any atom is 0.255 e. The fraction of sp³-hybridized carbons (Fsp3) is 0.0769. The molecule has 0 fully saturated rings. The van der Waals surface area contributed by atoms with Crippen molar-refractivity contribution in [1.29, 1.82) is 0 Å². The lowest BCUT2D eigenvalue weighted by atomic mass is 10.1. The molecule has 0 saturated carbocycles. The number of carbonyl (C=O) groups is 1. The maximum absolute atomic E-state index is 12.8. The van der Waals surface area contributed by atoms with Crippen molar-refractivity contribution in [3.05, 3.63) is 95.7 Å². The van der Waals surface area contributed by atoms with Gasteiger partial charge in [-0.15, -0.1) is 10.2 Å². The molecule has 5 aromatic rings. The van der Waals surface area contributed by atoms with Crippen molar-refractivity contribution in [2.24, 2.45) is 0 Å². The van der Waals surface area contributed by atoms with E-state index in [1.807, 2.05) is 62.4 Å². The molecule has 0 radical (unpaired) electrons. The molecule has 0 aliphatic rings. The van der Waals surface area contributed by atoms with Crippen molar-refractivity contribution in [2.45, 2.75) is 13.8 Å². The highest BCUT2D eigenvalue weighted by atomic mass is 16.4. The Bertz CT molecular complexity index is 1440. The predicted molar refractivity (Wildman–Crippen MR) is 124 cm³/mol. The van der Waals surface area contributed by atoms with Gasteiger partial charge in [0.2, 0.25) is 11.8 Å². The van der Waals surface area contributed by atoms with Gasteiger partial charge in [0, 0.05) is 28.3 Å². The van der Waals surface area contributed by atoms with Crippen LogP contribution in [0.5, 0.6) is 0 Å². The van der Waals surface area contributed by atoms with Gasteiger partial charge in [-0.3, -0.25) is 9.78 Å². The first kappa shape index (κ1) is 19.6. The van der Waals surface area contributed by atoms with Gasteiger partial charge in [-0.25, -0.2) is 0 Å². The normalized spacial score (nSPS) is 10.9. The van der Waals surface area contributed by atoms with Gasteiger partial charge < -0.3 is 9.73 Å². The number of carbonyl (C=O) groups excluding carboxylic acids is 1. The zero-order chi connectivity index (χ0) is 22.1. The topological polar surface area (TPSA) is 80.9 Å². The first-order valence-corrected chi connectivity index (χ1v) is 10.3. The van der Waals surface area contributed by atoms with Gasteiger partial charge in [0.05, 0.1) is 11.2 Å². The van der Waals surface area contributed by atoms with Gasteiger partial charge in [-0.2, -0.15) is 0 Å². The Morgan fingerprint density at radius 3 is 2.41 bits per heavy atom. The number of aromatic nitrogens is 3. The molecule has 5 rings (SSSR count). The molecule has 3 aromatic carbocycles. The molecular formula is C26H20N4O2. The molecule has 1 amide bonds. The molecule has 6 heteroatoms. The average Bonchev–Trinajstić information content (AvgIpc) is 3.31. The van der Waals surface area contributed by atoms with E-state index >= 15 is 0 Å². The van der Waals surface area contributed by atoms with Crippen molar-refractivity contribution in [1.82, 2.24) is 15.2 Å². The van der Waals surface area contributed by atoms with Crippen LogP contribution in [0, 0.1) is 13.8 Å². The van der Waals surface area contributed by atoms with Crippen molar-refractivity contribution in [3.8, 4) is 22.9 Å².